The molecule has 2 nitrogen and oxygen atoms in total. The van der Waals surface area contributed by atoms with Crippen molar-refractivity contribution in [1.29, 1.82) is 0 Å². The number of carbonyl (C=O) groups excluding carboxylic acids is 1. The monoisotopic (exact) mass is 198 g/mol. The van der Waals surface area contributed by atoms with Crippen LogP contribution in [0.2, 0.25) is 0 Å². The van der Waals surface area contributed by atoms with Crippen molar-refractivity contribution >= 4 is 5.78 Å². The van der Waals surface area contributed by atoms with Crippen LogP contribution >= 0.6 is 0 Å². The van der Waals surface area contributed by atoms with Gasteiger partial charge in [-0.3, -0.25) is 4.79 Å². The minimum absolute atomic E-state index is 0.600. The molecule has 1 N–H and O–H groups in total. The first kappa shape index (κ1) is 12.4. The average Bonchev–Trinajstić information content (AvgIpc) is 1.82. The van der Waals surface area contributed by atoms with Gasteiger partial charge in [-0.05, 0) is 0 Å². The lowest BCUT2D eigenvalue weighted by Crippen LogP contribution is -2.34. The van der Waals surface area contributed by atoms with Crippen molar-refractivity contribution in [1.82, 2.24) is 0 Å². The van der Waals surface area contributed by atoms with Crippen LogP contribution < -0.4 is 0 Å². The lowest BCUT2D eigenvalue weighted by atomic mass is 9.87. The molecule has 0 aliphatic carbocycles. The molecule has 0 rings (SSSR count). The lowest BCUT2D eigenvalue weighted by molar-refractivity contribution is -0.206. The third-order valence-electron chi connectivity index (χ3n) is 1.59. The van der Waals surface area contributed by atoms with Crippen molar-refractivity contribution in [2.75, 3.05) is 0 Å². The summed E-state index contributed by atoms with van der Waals surface area (Å²) < 4.78 is 35.4. The summed E-state index contributed by atoms with van der Waals surface area (Å²) in [5.41, 5.74) is -0.841. The number of rotatable bonds is 2. The van der Waals surface area contributed by atoms with E-state index >= 15 is 0 Å². The van der Waals surface area contributed by atoms with Crippen LogP contribution in [-0.4, -0.2) is 23.2 Å². The number of aliphatic hydroxyl groups is 1. The molecule has 0 saturated carbocycles. The molecule has 13 heavy (non-hydrogen) atoms. The highest BCUT2D eigenvalue weighted by Crippen LogP contribution is 2.26. The minimum atomic E-state index is -4.71. The minimum Gasteiger partial charge on any atom is -0.383 e. The van der Waals surface area contributed by atoms with Gasteiger partial charge in [-0.15, -0.1) is 0 Å². The van der Waals surface area contributed by atoms with Crippen molar-refractivity contribution in [2.45, 2.75) is 39.5 Å². The second-order valence-electron chi connectivity index (χ2n) is 3.93. The number of carbonyl (C=O) groups is 1. The van der Waals surface area contributed by atoms with Crippen LogP contribution in [0.3, 0.4) is 0 Å². The zero-order chi connectivity index (χ0) is 10.9. The number of hydrogen-bond donors (Lipinski definition) is 1. The predicted molar refractivity (Wildman–Crippen MR) is 41.1 cm³/mol. The molecule has 0 aromatic carbocycles. The van der Waals surface area contributed by atoms with Crippen LogP contribution in [0, 0.1) is 5.41 Å². The van der Waals surface area contributed by atoms with E-state index in [0.717, 1.165) is 0 Å². The molecule has 0 amide bonds. The van der Waals surface area contributed by atoms with Crippen LogP contribution in [0.5, 0.6) is 0 Å². The molecule has 5 heteroatoms. The van der Waals surface area contributed by atoms with Gasteiger partial charge in [0.05, 0.1) is 0 Å². The molecular weight excluding hydrogens is 185 g/mol. The molecule has 0 fully saturated rings. The number of hydrogen-bond acceptors (Lipinski definition) is 2. The SMILES string of the molecule is CC(C)(C)C(=O)C[C@H](O)C(F)(F)F. The quantitative estimate of drug-likeness (QED) is 0.735. The fourth-order valence-electron chi connectivity index (χ4n) is 0.598. The van der Waals surface area contributed by atoms with Gasteiger partial charge in [0.1, 0.15) is 5.78 Å². The van der Waals surface area contributed by atoms with Crippen molar-refractivity contribution in [3.8, 4) is 0 Å². The Morgan fingerprint density at radius 3 is 1.92 bits per heavy atom. The third kappa shape index (κ3) is 4.26. The summed E-state index contributed by atoms with van der Waals surface area (Å²) in [4.78, 5) is 11.1. The summed E-state index contributed by atoms with van der Waals surface area (Å²) in [5, 5.41) is 8.57. The van der Waals surface area contributed by atoms with E-state index in [-0.39, 0.29) is 0 Å². The first-order valence-electron chi connectivity index (χ1n) is 3.83. The third-order valence-corrected chi connectivity index (χ3v) is 1.59. The molecule has 0 saturated heterocycles. The van der Waals surface area contributed by atoms with Crippen LogP contribution in [0.1, 0.15) is 27.2 Å². The molecular formula is C8H13F3O2. The van der Waals surface area contributed by atoms with Gasteiger partial charge in [-0.1, -0.05) is 20.8 Å². The number of aliphatic hydroxyl groups excluding tert-OH is 1. The Morgan fingerprint density at radius 2 is 1.69 bits per heavy atom. The number of ketones is 1. The lowest BCUT2D eigenvalue weighted by Gasteiger charge is -2.20. The van der Waals surface area contributed by atoms with E-state index in [0.29, 0.717) is 0 Å². The summed E-state index contributed by atoms with van der Waals surface area (Å²) in [6, 6.07) is 0. The van der Waals surface area contributed by atoms with Crippen LogP contribution in [-0.2, 0) is 4.79 Å². The highest BCUT2D eigenvalue weighted by molar-refractivity contribution is 5.84. The van der Waals surface area contributed by atoms with Gasteiger partial charge in [0.25, 0.3) is 0 Å². The molecule has 0 bridgehead atoms. The maximum atomic E-state index is 11.8. The molecule has 0 radical (unpaired) electrons. The second-order valence-corrected chi connectivity index (χ2v) is 3.93. The van der Waals surface area contributed by atoms with Gasteiger partial charge in [-0.25, -0.2) is 0 Å². The molecule has 0 spiro atoms. The van der Waals surface area contributed by atoms with E-state index < -0.39 is 29.9 Å². The molecule has 78 valence electrons. The number of Topliss-reactive ketones (excluding diaryl/α,β-unsaturated/α-hetero) is 1. The van der Waals surface area contributed by atoms with Gasteiger partial charge in [0.2, 0.25) is 0 Å². The van der Waals surface area contributed by atoms with Gasteiger partial charge in [0, 0.05) is 11.8 Å². The smallest absolute Gasteiger partial charge is 0.383 e. The molecule has 0 aliphatic heterocycles. The predicted octanol–water partition coefficient (Wildman–Crippen LogP) is 1.91. The fraction of sp³-hybridized carbons (Fsp3) is 0.875. The van der Waals surface area contributed by atoms with E-state index in [1.54, 1.807) is 0 Å². The normalized spacial score (nSPS) is 15.6. The van der Waals surface area contributed by atoms with Crippen molar-refractivity contribution in [3.63, 3.8) is 0 Å². The first-order chi connectivity index (χ1) is 5.55. The summed E-state index contributed by atoms with van der Waals surface area (Å²) in [6.07, 6.45) is -8.12. The maximum Gasteiger partial charge on any atom is 0.414 e. The zero-order valence-electron chi connectivity index (χ0n) is 7.77. The van der Waals surface area contributed by atoms with Crippen molar-refractivity contribution in [2.24, 2.45) is 5.41 Å². The Labute approximate surface area is 74.7 Å². The molecule has 0 unspecified atom stereocenters. The molecule has 0 aliphatic rings. The number of halogens is 3. The fourth-order valence-corrected chi connectivity index (χ4v) is 0.598. The highest BCUT2D eigenvalue weighted by atomic mass is 19.4. The summed E-state index contributed by atoms with van der Waals surface area (Å²) in [7, 11) is 0. The van der Waals surface area contributed by atoms with Crippen LogP contribution in [0.25, 0.3) is 0 Å². The van der Waals surface area contributed by atoms with E-state index in [1.165, 1.54) is 20.8 Å². The summed E-state index contributed by atoms with van der Waals surface area (Å²) >= 11 is 0. The standard InChI is InChI=1S/C8H13F3O2/c1-7(2,3)5(12)4-6(13)8(9,10)11/h6,13H,4H2,1-3H3/t6-/m0/s1. The Kier molecular flexibility index (Phi) is 3.49. The zero-order valence-corrected chi connectivity index (χ0v) is 7.77. The van der Waals surface area contributed by atoms with Gasteiger partial charge in [-0.2, -0.15) is 13.2 Å². The highest BCUT2D eigenvalue weighted by Gasteiger charge is 2.40. The van der Waals surface area contributed by atoms with E-state index in [1.807, 2.05) is 0 Å². The summed E-state index contributed by atoms with van der Waals surface area (Å²) in [6.45, 7) is 4.54. The maximum absolute atomic E-state index is 11.8. The topological polar surface area (TPSA) is 37.3 Å². The van der Waals surface area contributed by atoms with Crippen molar-refractivity contribution in [3.05, 3.63) is 0 Å². The van der Waals surface area contributed by atoms with E-state index in [9.17, 15) is 18.0 Å². The molecule has 0 aromatic heterocycles. The largest absolute Gasteiger partial charge is 0.414 e. The molecule has 0 heterocycles. The molecule has 0 aromatic rings. The Morgan fingerprint density at radius 1 is 1.31 bits per heavy atom. The van der Waals surface area contributed by atoms with E-state index in [2.05, 4.69) is 0 Å². The van der Waals surface area contributed by atoms with Gasteiger partial charge in [0.15, 0.2) is 6.10 Å². The average molecular weight is 198 g/mol. The van der Waals surface area contributed by atoms with Gasteiger partial charge < -0.3 is 5.11 Å². The number of alkyl halides is 3. The molecule has 1 atom stereocenters. The Hall–Kier alpha value is -0.580. The second kappa shape index (κ2) is 3.65. The Bertz CT molecular complexity index is 191. The van der Waals surface area contributed by atoms with Crippen LogP contribution in [0.4, 0.5) is 13.2 Å². The van der Waals surface area contributed by atoms with E-state index in [4.69, 9.17) is 5.11 Å². The Balaban J connectivity index is 4.24. The summed E-state index contributed by atoms with van der Waals surface area (Å²) in [5.74, 6) is -0.600. The van der Waals surface area contributed by atoms with Gasteiger partial charge >= 0.3 is 6.18 Å². The first-order valence-corrected chi connectivity index (χ1v) is 3.83. The van der Waals surface area contributed by atoms with Crippen LogP contribution in [0.15, 0.2) is 0 Å². The van der Waals surface area contributed by atoms with Crippen molar-refractivity contribution < 1.29 is 23.1 Å².